The molecule has 1 N–H and O–H groups in total. The standard InChI is InChI=1S/C16H26BrNO/c1-12(2)10-18-11-13(3)5-6-14-9-15(19-4)7-8-16(14)17/h7-9,12-13,18H,5-6,10-11H2,1-4H3. The van der Waals surface area contributed by atoms with E-state index >= 15 is 0 Å². The molecule has 1 aromatic rings. The highest BCUT2D eigenvalue weighted by atomic mass is 79.9. The second-order valence-electron chi connectivity index (χ2n) is 5.65. The van der Waals surface area contributed by atoms with E-state index < -0.39 is 0 Å². The van der Waals surface area contributed by atoms with Gasteiger partial charge in [0, 0.05) is 4.47 Å². The van der Waals surface area contributed by atoms with E-state index in [9.17, 15) is 0 Å². The van der Waals surface area contributed by atoms with Gasteiger partial charge in [-0.15, -0.1) is 0 Å². The molecule has 0 fully saturated rings. The van der Waals surface area contributed by atoms with Gasteiger partial charge >= 0.3 is 0 Å². The van der Waals surface area contributed by atoms with Gasteiger partial charge in [-0.1, -0.05) is 36.7 Å². The number of aryl methyl sites for hydroxylation is 1. The zero-order valence-electron chi connectivity index (χ0n) is 12.5. The van der Waals surface area contributed by atoms with E-state index in [0.29, 0.717) is 5.92 Å². The maximum absolute atomic E-state index is 5.27. The summed E-state index contributed by atoms with van der Waals surface area (Å²) >= 11 is 3.61. The molecule has 0 amide bonds. The Morgan fingerprint density at radius 3 is 2.58 bits per heavy atom. The topological polar surface area (TPSA) is 21.3 Å². The number of nitrogens with one attached hydrogen (secondary N) is 1. The molecule has 1 aromatic carbocycles. The molecule has 108 valence electrons. The molecule has 0 saturated heterocycles. The van der Waals surface area contributed by atoms with Crippen molar-refractivity contribution in [1.29, 1.82) is 0 Å². The van der Waals surface area contributed by atoms with Crippen molar-refractivity contribution >= 4 is 15.9 Å². The molecule has 2 nitrogen and oxygen atoms in total. The van der Waals surface area contributed by atoms with Crippen LogP contribution in [0.15, 0.2) is 22.7 Å². The van der Waals surface area contributed by atoms with Crippen molar-refractivity contribution in [1.82, 2.24) is 5.32 Å². The van der Waals surface area contributed by atoms with E-state index in [4.69, 9.17) is 4.74 Å². The van der Waals surface area contributed by atoms with E-state index in [2.05, 4.69) is 54.2 Å². The van der Waals surface area contributed by atoms with Crippen molar-refractivity contribution in [2.75, 3.05) is 20.2 Å². The van der Waals surface area contributed by atoms with Crippen molar-refractivity contribution in [3.8, 4) is 5.75 Å². The molecule has 19 heavy (non-hydrogen) atoms. The third-order valence-electron chi connectivity index (χ3n) is 3.20. The average molecular weight is 328 g/mol. The molecule has 0 aliphatic heterocycles. The lowest BCUT2D eigenvalue weighted by Gasteiger charge is -2.14. The van der Waals surface area contributed by atoms with Gasteiger partial charge in [0.1, 0.15) is 5.75 Å². The number of ether oxygens (including phenoxy) is 1. The summed E-state index contributed by atoms with van der Waals surface area (Å²) < 4.78 is 6.45. The fourth-order valence-corrected chi connectivity index (χ4v) is 2.44. The van der Waals surface area contributed by atoms with Crippen LogP contribution < -0.4 is 10.1 Å². The van der Waals surface area contributed by atoms with Crippen LogP contribution in [0.2, 0.25) is 0 Å². The Morgan fingerprint density at radius 2 is 1.95 bits per heavy atom. The highest BCUT2D eigenvalue weighted by molar-refractivity contribution is 9.10. The van der Waals surface area contributed by atoms with Gasteiger partial charge < -0.3 is 10.1 Å². The van der Waals surface area contributed by atoms with E-state index in [1.165, 1.54) is 16.5 Å². The van der Waals surface area contributed by atoms with Crippen molar-refractivity contribution < 1.29 is 4.74 Å². The van der Waals surface area contributed by atoms with Crippen molar-refractivity contribution in [2.24, 2.45) is 11.8 Å². The Morgan fingerprint density at radius 1 is 1.21 bits per heavy atom. The lowest BCUT2D eigenvalue weighted by Crippen LogP contribution is -2.25. The molecule has 1 unspecified atom stereocenters. The molecule has 0 aliphatic rings. The quantitative estimate of drug-likeness (QED) is 0.769. The fourth-order valence-electron chi connectivity index (χ4n) is 1.99. The van der Waals surface area contributed by atoms with E-state index in [0.717, 1.165) is 31.2 Å². The van der Waals surface area contributed by atoms with Gasteiger partial charge in [0.2, 0.25) is 0 Å². The third kappa shape index (κ3) is 6.44. The lowest BCUT2D eigenvalue weighted by molar-refractivity contribution is 0.413. The van der Waals surface area contributed by atoms with E-state index in [-0.39, 0.29) is 0 Å². The maximum Gasteiger partial charge on any atom is 0.119 e. The van der Waals surface area contributed by atoms with Crippen LogP contribution in [0.25, 0.3) is 0 Å². The van der Waals surface area contributed by atoms with Gasteiger partial charge in [-0.05, 0) is 61.5 Å². The van der Waals surface area contributed by atoms with Crippen LogP contribution >= 0.6 is 15.9 Å². The van der Waals surface area contributed by atoms with Gasteiger partial charge in [-0.3, -0.25) is 0 Å². The minimum absolute atomic E-state index is 0.692. The number of hydrogen-bond donors (Lipinski definition) is 1. The predicted molar refractivity (Wildman–Crippen MR) is 85.9 cm³/mol. The van der Waals surface area contributed by atoms with Crippen LogP contribution in [-0.2, 0) is 6.42 Å². The van der Waals surface area contributed by atoms with Crippen LogP contribution in [0.1, 0.15) is 32.8 Å². The van der Waals surface area contributed by atoms with Crippen LogP contribution in [0.3, 0.4) is 0 Å². The zero-order valence-corrected chi connectivity index (χ0v) is 14.1. The summed E-state index contributed by atoms with van der Waals surface area (Å²) in [6, 6.07) is 6.18. The molecular formula is C16H26BrNO. The number of hydrogen-bond acceptors (Lipinski definition) is 2. The predicted octanol–water partition coefficient (Wildman–Crippen LogP) is 4.27. The third-order valence-corrected chi connectivity index (χ3v) is 3.98. The van der Waals surface area contributed by atoms with Gasteiger partial charge in [-0.25, -0.2) is 0 Å². The zero-order chi connectivity index (χ0) is 14.3. The molecule has 0 saturated carbocycles. The highest BCUT2D eigenvalue weighted by Crippen LogP contribution is 2.24. The maximum atomic E-state index is 5.27. The van der Waals surface area contributed by atoms with Crippen LogP contribution in [0.4, 0.5) is 0 Å². The summed E-state index contributed by atoms with van der Waals surface area (Å²) in [6.07, 6.45) is 2.28. The number of rotatable bonds is 8. The van der Waals surface area contributed by atoms with E-state index in [1.54, 1.807) is 7.11 Å². The summed E-state index contributed by atoms with van der Waals surface area (Å²) in [5.41, 5.74) is 1.33. The second-order valence-corrected chi connectivity index (χ2v) is 6.51. The van der Waals surface area contributed by atoms with Gasteiger partial charge in [0.15, 0.2) is 0 Å². The first kappa shape index (κ1) is 16.5. The molecule has 3 heteroatoms. The largest absolute Gasteiger partial charge is 0.497 e. The summed E-state index contributed by atoms with van der Waals surface area (Å²) in [5.74, 6) is 2.35. The van der Waals surface area contributed by atoms with Crippen LogP contribution in [0, 0.1) is 11.8 Å². The molecule has 0 bridgehead atoms. The first-order valence-corrected chi connectivity index (χ1v) is 7.85. The second kappa shape index (κ2) is 8.60. The smallest absolute Gasteiger partial charge is 0.119 e. The molecule has 0 aromatic heterocycles. The first-order chi connectivity index (χ1) is 9.02. The first-order valence-electron chi connectivity index (χ1n) is 7.06. The fraction of sp³-hybridized carbons (Fsp3) is 0.625. The van der Waals surface area contributed by atoms with Gasteiger partial charge in [0.05, 0.1) is 7.11 Å². The van der Waals surface area contributed by atoms with Gasteiger partial charge in [-0.2, -0.15) is 0 Å². The Bertz CT molecular complexity index is 379. The Kier molecular flexibility index (Phi) is 7.47. The monoisotopic (exact) mass is 327 g/mol. The Balaban J connectivity index is 2.39. The van der Waals surface area contributed by atoms with Crippen molar-refractivity contribution in [2.45, 2.75) is 33.6 Å². The number of halogens is 1. The summed E-state index contributed by atoms with van der Waals surface area (Å²) in [6.45, 7) is 8.99. The van der Waals surface area contributed by atoms with Gasteiger partial charge in [0.25, 0.3) is 0 Å². The van der Waals surface area contributed by atoms with Crippen molar-refractivity contribution in [3.05, 3.63) is 28.2 Å². The molecule has 0 heterocycles. The number of benzene rings is 1. The summed E-state index contributed by atoms with van der Waals surface area (Å²) in [5, 5.41) is 3.52. The molecule has 0 radical (unpaired) electrons. The van der Waals surface area contributed by atoms with Crippen LogP contribution in [-0.4, -0.2) is 20.2 Å². The SMILES string of the molecule is COc1ccc(Br)c(CCC(C)CNCC(C)C)c1. The Hall–Kier alpha value is -0.540. The minimum atomic E-state index is 0.692. The normalized spacial score (nSPS) is 12.7. The average Bonchev–Trinajstić information content (AvgIpc) is 2.37. The van der Waals surface area contributed by atoms with E-state index in [1.807, 2.05) is 6.07 Å². The van der Waals surface area contributed by atoms with Crippen molar-refractivity contribution in [3.63, 3.8) is 0 Å². The molecule has 0 spiro atoms. The summed E-state index contributed by atoms with van der Waals surface area (Å²) in [7, 11) is 1.71. The summed E-state index contributed by atoms with van der Waals surface area (Å²) in [4.78, 5) is 0. The minimum Gasteiger partial charge on any atom is -0.497 e. The molecule has 1 atom stereocenters. The molecule has 0 aliphatic carbocycles. The number of methoxy groups -OCH3 is 1. The molecule has 1 rings (SSSR count). The molecular weight excluding hydrogens is 302 g/mol. The van der Waals surface area contributed by atoms with Crippen LogP contribution in [0.5, 0.6) is 5.75 Å². The Labute approximate surface area is 126 Å². The highest BCUT2D eigenvalue weighted by Gasteiger charge is 2.06. The lowest BCUT2D eigenvalue weighted by atomic mass is 10.0.